The summed E-state index contributed by atoms with van der Waals surface area (Å²) in [6, 6.07) is 24.6. The fraction of sp³-hybridized carbons (Fsp3) is 0.160. The molecule has 1 aromatic heterocycles. The zero-order valence-electron chi connectivity index (χ0n) is 17.8. The number of nitrogens with zero attached hydrogens (tertiary/aromatic N) is 2. The Morgan fingerprint density at radius 1 is 0.970 bits per heavy atom. The van der Waals surface area contributed by atoms with E-state index in [-0.39, 0.29) is 17.7 Å². The Hall–Kier alpha value is -3.78. The van der Waals surface area contributed by atoms with E-state index >= 15 is 0 Å². The molecule has 0 saturated heterocycles. The molecular weight excluding hydrogens is 438 g/mol. The lowest BCUT2D eigenvalue weighted by Crippen LogP contribution is -2.21. The minimum atomic E-state index is -0.579. The van der Waals surface area contributed by atoms with E-state index in [0.717, 1.165) is 16.8 Å². The number of aromatic nitrogens is 2. The number of carbonyl (C=O) groups is 1. The molecule has 0 aliphatic carbocycles. The van der Waals surface area contributed by atoms with Crippen LogP contribution in [0.5, 0.6) is 11.5 Å². The van der Waals surface area contributed by atoms with Crippen LogP contribution in [0.1, 0.15) is 28.4 Å². The van der Waals surface area contributed by atoms with Crippen LogP contribution in [-0.4, -0.2) is 22.7 Å². The lowest BCUT2D eigenvalue weighted by molar-refractivity contribution is -0.115. The van der Waals surface area contributed by atoms with Gasteiger partial charge in [0.05, 0.1) is 0 Å². The van der Waals surface area contributed by atoms with Crippen molar-refractivity contribution < 1.29 is 18.7 Å². The first-order chi connectivity index (χ1) is 16.2. The first-order valence-corrected chi connectivity index (χ1v) is 11.3. The average molecular weight is 460 g/mol. The summed E-state index contributed by atoms with van der Waals surface area (Å²) >= 11 is 1.19. The lowest BCUT2D eigenvalue weighted by atomic mass is 10.1. The molecule has 8 heteroatoms. The molecule has 0 unspecified atom stereocenters. The molecule has 1 N–H and O–H groups in total. The van der Waals surface area contributed by atoms with Crippen LogP contribution in [-0.2, 0) is 4.79 Å². The van der Waals surface area contributed by atoms with Crippen molar-refractivity contribution in [2.75, 3.05) is 11.9 Å². The minimum Gasteiger partial charge on any atom is -0.485 e. The van der Waals surface area contributed by atoms with Crippen molar-refractivity contribution in [3.05, 3.63) is 95.9 Å². The van der Waals surface area contributed by atoms with Crippen molar-refractivity contribution in [1.29, 1.82) is 0 Å². The van der Waals surface area contributed by atoms with Gasteiger partial charge in [-0.2, -0.15) is 0 Å². The zero-order chi connectivity index (χ0) is 22.6. The lowest BCUT2D eigenvalue weighted by Gasteiger charge is -2.23. The quantitative estimate of drug-likeness (QED) is 0.388. The van der Waals surface area contributed by atoms with Gasteiger partial charge in [0, 0.05) is 5.69 Å². The second kappa shape index (κ2) is 9.38. The molecule has 1 aliphatic heterocycles. The van der Waals surface area contributed by atoms with E-state index in [9.17, 15) is 4.79 Å². The van der Waals surface area contributed by atoms with E-state index in [1.54, 1.807) is 0 Å². The summed E-state index contributed by atoms with van der Waals surface area (Å²) in [5.41, 5.74) is 2.68. The summed E-state index contributed by atoms with van der Waals surface area (Å²) in [5.74, 6) is 1.43. The number of hydrogen-bond donors (Lipinski definition) is 1. The number of aryl methyl sites for hydroxylation is 1. The number of carbonyl (C=O) groups excluding carboxylic acids is 1. The SMILES string of the molecule is Cc1ccc(NC(=O)[C@@H](Sc2nnc([C@H]3COc4ccccc4O3)o2)c2ccccc2)cc1. The average Bonchev–Trinajstić information content (AvgIpc) is 3.33. The smallest absolute Gasteiger partial charge is 0.277 e. The van der Waals surface area contributed by atoms with E-state index in [1.165, 1.54) is 11.8 Å². The maximum Gasteiger partial charge on any atom is 0.277 e. The maximum atomic E-state index is 13.2. The standard InChI is InChI=1S/C25H21N3O4S/c1-16-11-13-18(14-12-16)26-23(29)22(17-7-3-2-4-8-17)33-25-28-27-24(32-25)21-15-30-19-9-5-6-10-20(19)31-21/h2-14,21-22H,15H2,1H3,(H,26,29)/t21-,22+/m1/s1. The van der Waals surface area contributed by atoms with Crippen molar-refractivity contribution in [3.8, 4) is 11.5 Å². The highest BCUT2D eigenvalue weighted by atomic mass is 32.2. The monoisotopic (exact) mass is 459 g/mol. The van der Waals surface area contributed by atoms with Crippen LogP contribution >= 0.6 is 11.8 Å². The van der Waals surface area contributed by atoms with Crippen LogP contribution in [0.25, 0.3) is 0 Å². The Bertz CT molecular complexity index is 1240. The van der Waals surface area contributed by atoms with Crippen LogP contribution < -0.4 is 14.8 Å². The number of thioether (sulfide) groups is 1. The molecule has 2 atom stereocenters. The van der Waals surface area contributed by atoms with Crippen molar-refractivity contribution in [2.45, 2.75) is 23.5 Å². The molecule has 33 heavy (non-hydrogen) atoms. The largest absolute Gasteiger partial charge is 0.485 e. The van der Waals surface area contributed by atoms with E-state index in [1.807, 2.05) is 85.8 Å². The highest BCUT2D eigenvalue weighted by Crippen LogP contribution is 2.38. The van der Waals surface area contributed by atoms with Crippen molar-refractivity contribution in [3.63, 3.8) is 0 Å². The number of para-hydroxylation sites is 2. The third kappa shape index (κ3) is 4.85. The van der Waals surface area contributed by atoms with Gasteiger partial charge in [-0.25, -0.2) is 0 Å². The van der Waals surface area contributed by atoms with Gasteiger partial charge in [-0.1, -0.05) is 60.2 Å². The summed E-state index contributed by atoms with van der Waals surface area (Å²) in [6.07, 6.45) is -0.515. The topological polar surface area (TPSA) is 86.5 Å². The summed E-state index contributed by atoms with van der Waals surface area (Å²) in [5, 5.41) is 11.0. The maximum absolute atomic E-state index is 13.2. The molecular formula is C25H21N3O4S. The number of ether oxygens (including phenoxy) is 2. The number of amides is 1. The van der Waals surface area contributed by atoms with Crippen LogP contribution in [0.4, 0.5) is 5.69 Å². The molecule has 3 aromatic carbocycles. The Kier molecular flexibility index (Phi) is 5.99. The third-order valence-corrected chi connectivity index (χ3v) is 6.17. The van der Waals surface area contributed by atoms with Gasteiger partial charge in [0.25, 0.3) is 11.1 Å². The molecule has 2 heterocycles. The summed E-state index contributed by atoms with van der Waals surface area (Å²) in [7, 11) is 0. The predicted molar refractivity (Wildman–Crippen MR) is 124 cm³/mol. The van der Waals surface area contributed by atoms with Gasteiger partial charge in [0.2, 0.25) is 12.0 Å². The van der Waals surface area contributed by atoms with E-state index in [2.05, 4.69) is 15.5 Å². The van der Waals surface area contributed by atoms with E-state index < -0.39 is 11.4 Å². The summed E-state index contributed by atoms with van der Waals surface area (Å²) in [6.45, 7) is 2.26. The van der Waals surface area contributed by atoms with Gasteiger partial charge in [-0.3, -0.25) is 4.79 Å². The molecule has 0 fully saturated rings. The Morgan fingerprint density at radius 2 is 1.70 bits per heavy atom. The Labute approximate surface area is 195 Å². The number of anilines is 1. The van der Waals surface area contributed by atoms with Crippen LogP contribution in [0.3, 0.4) is 0 Å². The Morgan fingerprint density at radius 3 is 2.48 bits per heavy atom. The molecule has 0 radical (unpaired) electrons. The van der Waals surface area contributed by atoms with Crippen LogP contribution in [0.2, 0.25) is 0 Å². The number of fused-ring (bicyclic) bond motifs is 1. The highest BCUT2D eigenvalue weighted by molar-refractivity contribution is 8.00. The van der Waals surface area contributed by atoms with Crippen LogP contribution in [0.15, 0.2) is 88.5 Å². The summed E-state index contributed by atoms with van der Waals surface area (Å²) < 4.78 is 17.5. The van der Waals surface area contributed by atoms with Gasteiger partial charge < -0.3 is 19.2 Å². The first-order valence-electron chi connectivity index (χ1n) is 10.5. The predicted octanol–water partition coefficient (Wildman–Crippen LogP) is 5.36. The molecule has 0 spiro atoms. The normalized spacial score (nSPS) is 15.6. The fourth-order valence-corrected chi connectivity index (χ4v) is 4.27. The molecule has 1 amide bonds. The van der Waals surface area contributed by atoms with E-state index in [0.29, 0.717) is 17.4 Å². The van der Waals surface area contributed by atoms with Crippen molar-refractivity contribution in [1.82, 2.24) is 10.2 Å². The van der Waals surface area contributed by atoms with Crippen LogP contribution in [0, 0.1) is 6.92 Å². The number of rotatable bonds is 6. The third-order valence-electron chi connectivity index (χ3n) is 5.08. The zero-order valence-corrected chi connectivity index (χ0v) is 18.6. The molecule has 0 saturated carbocycles. The second-order valence-electron chi connectivity index (χ2n) is 7.53. The molecule has 1 aliphatic rings. The van der Waals surface area contributed by atoms with Crippen molar-refractivity contribution >= 4 is 23.4 Å². The first kappa shape index (κ1) is 21.1. The molecule has 166 valence electrons. The van der Waals surface area contributed by atoms with Gasteiger partial charge >= 0.3 is 0 Å². The van der Waals surface area contributed by atoms with E-state index in [4.69, 9.17) is 13.9 Å². The van der Waals surface area contributed by atoms with Crippen molar-refractivity contribution in [2.24, 2.45) is 0 Å². The number of hydrogen-bond acceptors (Lipinski definition) is 7. The fourth-order valence-electron chi connectivity index (χ4n) is 3.39. The Balaban J connectivity index is 1.34. The second-order valence-corrected chi connectivity index (χ2v) is 8.59. The molecule has 7 nitrogen and oxygen atoms in total. The molecule has 4 aromatic rings. The minimum absolute atomic E-state index is 0.180. The van der Waals surface area contributed by atoms with Gasteiger partial charge in [-0.15, -0.1) is 10.2 Å². The highest BCUT2D eigenvalue weighted by Gasteiger charge is 2.29. The van der Waals surface area contributed by atoms with Gasteiger partial charge in [0.15, 0.2) is 11.5 Å². The summed E-state index contributed by atoms with van der Waals surface area (Å²) in [4.78, 5) is 13.2. The number of nitrogens with one attached hydrogen (secondary N) is 1. The number of benzene rings is 3. The van der Waals surface area contributed by atoms with Gasteiger partial charge in [-0.05, 0) is 48.5 Å². The van der Waals surface area contributed by atoms with Gasteiger partial charge in [0.1, 0.15) is 11.9 Å². The molecule has 5 rings (SSSR count). The molecule has 0 bridgehead atoms.